The number of ketones is 1. The molecular formula is C23H24N2O6. The van der Waals surface area contributed by atoms with E-state index in [2.05, 4.69) is 5.32 Å². The van der Waals surface area contributed by atoms with E-state index >= 15 is 0 Å². The van der Waals surface area contributed by atoms with Crippen LogP contribution < -0.4 is 15.0 Å². The van der Waals surface area contributed by atoms with E-state index in [4.69, 9.17) is 9.47 Å². The third kappa shape index (κ3) is 5.69. The zero-order chi connectivity index (χ0) is 22.4. The lowest BCUT2D eigenvalue weighted by molar-refractivity contribution is -0.151. The molecule has 0 radical (unpaired) electrons. The molecule has 1 heterocycles. The maximum Gasteiger partial charge on any atom is 0.311 e. The second-order valence-corrected chi connectivity index (χ2v) is 7.13. The highest BCUT2D eigenvalue weighted by Crippen LogP contribution is 2.27. The predicted octanol–water partition coefficient (Wildman–Crippen LogP) is 2.82. The maximum atomic E-state index is 12.4. The zero-order valence-electron chi connectivity index (χ0n) is 17.4. The number of nitrogens with zero attached hydrogens (tertiary/aromatic N) is 1. The number of nitrogens with one attached hydrogen (secondary N) is 1. The first-order valence-corrected chi connectivity index (χ1v) is 9.98. The first kappa shape index (κ1) is 22.0. The monoisotopic (exact) mass is 424 g/mol. The Balaban J connectivity index is 1.51. The van der Waals surface area contributed by atoms with Crippen molar-refractivity contribution in [2.45, 2.75) is 20.3 Å². The van der Waals surface area contributed by atoms with Gasteiger partial charge < -0.3 is 19.7 Å². The van der Waals surface area contributed by atoms with Gasteiger partial charge >= 0.3 is 5.97 Å². The Bertz CT molecular complexity index is 986. The molecule has 1 aliphatic heterocycles. The minimum absolute atomic E-state index is 0.0221. The molecule has 1 aliphatic rings. The average molecular weight is 424 g/mol. The fourth-order valence-corrected chi connectivity index (χ4v) is 3.27. The molecule has 0 aliphatic carbocycles. The zero-order valence-corrected chi connectivity index (χ0v) is 17.4. The van der Waals surface area contributed by atoms with Crippen molar-refractivity contribution < 1.29 is 28.7 Å². The Morgan fingerprint density at radius 3 is 2.55 bits per heavy atom. The Morgan fingerprint density at radius 2 is 1.87 bits per heavy atom. The Morgan fingerprint density at radius 1 is 1.13 bits per heavy atom. The van der Waals surface area contributed by atoms with Crippen LogP contribution in [0, 0.1) is 5.92 Å². The molecule has 3 rings (SSSR count). The lowest BCUT2D eigenvalue weighted by Crippen LogP contribution is -2.28. The second-order valence-electron chi connectivity index (χ2n) is 7.13. The molecule has 2 amide bonds. The fraction of sp³-hybridized carbons (Fsp3) is 0.304. The van der Waals surface area contributed by atoms with Gasteiger partial charge in [-0.05, 0) is 50.2 Å². The molecule has 2 aromatic carbocycles. The van der Waals surface area contributed by atoms with Crippen molar-refractivity contribution in [2.75, 3.05) is 30.0 Å². The summed E-state index contributed by atoms with van der Waals surface area (Å²) < 4.78 is 10.5. The van der Waals surface area contributed by atoms with E-state index in [0.29, 0.717) is 29.3 Å². The van der Waals surface area contributed by atoms with Gasteiger partial charge in [-0.15, -0.1) is 0 Å². The summed E-state index contributed by atoms with van der Waals surface area (Å²) in [6.07, 6.45) is 0.0221. The average Bonchev–Trinajstić information content (AvgIpc) is 3.14. The van der Waals surface area contributed by atoms with E-state index in [-0.39, 0.29) is 24.7 Å². The number of Topliss-reactive ketones (excluding diaryl/α,β-unsaturated/α-hetero) is 1. The third-order valence-electron chi connectivity index (χ3n) is 4.82. The van der Waals surface area contributed by atoms with Crippen LogP contribution >= 0.6 is 0 Å². The summed E-state index contributed by atoms with van der Waals surface area (Å²) in [4.78, 5) is 49.7. The minimum Gasteiger partial charge on any atom is -0.494 e. The van der Waals surface area contributed by atoms with E-state index in [1.807, 2.05) is 6.92 Å². The van der Waals surface area contributed by atoms with Crippen molar-refractivity contribution in [1.29, 1.82) is 0 Å². The topological polar surface area (TPSA) is 102 Å². The molecule has 31 heavy (non-hydrogen) atoms. The molecular weight excluding hydrogens is 400 g/mol. The number of carbonyl (C=O) groups is 4. The van der Waals surface area contributed by atoms with Gasteiger partial charge in [0.25, 0.3) is 5.91 Å². The summed E-state index contributed by atoms with van der Waals surface area (Å²) in [5, 5.41) is 2.58. The van der Waals surface area contributed by atoms with Crippen LogP contribution in [0.3, 0.4) is 0 Å². The Kier molecular flexibility index (Phi) is 7.02. The van der Waals surface area contributed by atoms with Crippen LogP contribution in [0.1, 0.15) is 30.6 Å². The number of ether oxygens (including phenoxy) is 2. The molecule has 8 nitrogen and oxygen atoms in total. The van der Waals surface area contributed by atoms with Crippen molar-refractivity contribution in [3.05, 3.63) is 54.1 Å². The number of hydrogen-bond donors (Lipinski definition) is 1. The Labute approximate surface area is 180 Å². The van der Waals surface area contributed by atoms with E-state index in [1.165, 1.54) is 11.8 Å². The number of benzene rings is 2. The van der Waals surface area contributed by atoms with Gasteiger partial charge in [0, 0.05) is 29.9 Å². The number of anilines is 2. The second kappa shape index (κ2) is 9.88. The van der Waals surface area contributed by atoms with E-state index in [1.54, 1.807) is 48.5 Å². The number of carbonyl (C=O) groups excluding carboxylic acids is 4. The maximum absolute atomic E-state index is 12.4. The van der Waals surface area contributed by atoms with Crippen LogP contribution in [0.2, 0.25) is 0 Å². The molecule has 0 aromatic heterocycles. The SMILES string of the molecule is CCOc1ccc(N2C[C@@H](C(=O)OCC(=O)Nc3cccc(C(C)=O)c3)CC2=O)cc1. The van der Waals surface area contributed by atoms with E-state index < -0.39 is 24.4 Å². The summed E-state index contributed by atoms with van der Waals surface area (Å²) in [6.45, 7) is 3.58. The van der Waals surface area contributed by atoms with Gasteiger partial charge in [0.15, 0.2) is 12.4 Å². The van der Waals surface area contributed by atoms with Gasteiger partial charge in [0.1, 0.15) is 5.75 Å². The highest BCUT2D eigenvalue weighted by molar-refractivity contribution is 6.00. The fourth-order valence-electron chi connectivity index (χ4n) is 3.27. The van der Waals surface area contributed by atoms with Crippen molar-refractivity contribution in [2.24, 2.45) is 5.92 Å². The van der Waals surface area contributed by atoms with Crippen molar-refractivity contribution in [1.82, 2.24) is 0 Å². The predicted molar refractivity (Wildman–Crippen MR) is 114 cm³/mol. The van der Waals surface area contributed by atoms with E-state index in [0.717, 1.165) is 0 Å². The van der Waals surface area contributed by atoms with Crippen LogP contribution in [0.15, 0.2) is 48.5 Å². The summed E-state index contributed by atoms with van der Waals surface area (Å²) in [5.74, 6) is -1.38. The normalized spacial score (nSPS) is 15.5. The van der Waals surface area contributed by atoms with Gasteiger partial charge in [0.2, 0.25) is 5.91 Å². The minimum atomic E-state index is -0.645. The van der Waals surface area contributed by atoms with Crippen LogP contribution in [-0.4, -0.2) is 43.3 Å². The largest absolute Gasteiger partial charge is 0.494 e. The highest BCUT2D eigenvalue weighted by atomic mass is 16.5. The third-order valence-corrected chi connectivity index (χ3v) is 4.82. The lowest BCUT2D eigenvalue weighted by Gasteiger charge is -2.17. The molecule has 1 atom stereocenters. The molecule has 1 saturated heterocycles. The molecule has 0 spiro atoms. The number of rotatable bonds is 8. The van der Waals surface area contributed by atoms with Crippen LogP contribution in [0.25, 0.3) is 0 Å². The smallest absolute Gasteiger partial charge is 0.311 e. The number of hydrogen-bond acceptors (Lipinski definition) is 6. The van der Waals surface area contributed by atoms with Gasteiger partial charge in [0.05, 0.1) is 12.5 Å². The van der Waals surface area contributed by atoms with Crippen molar-refractivity contribution in [3.63, 3.8) is 0 Å². The number of esters is 1. The quantitative estimate of drug-likeness (QED) is 0.516. The van der Waals surface area contributed by atoms with Crippen LogP contribution in [0.5, 0.6) is 5.75 Å². The number of amides is 2. The van der Waals surface area contributed by atoms with Gasteiger partial charge in [-0.2, -0.15) is 0 Å². The lowest BCUT2D eigenvalue weighted by atomic mass is 10.1. The van der Waals surface area contributed by atoms with Gasteiger partial charge in [-0.3, -0.25) is 19.2 Å². The first-order chi connectivity index (χ1) is 14.9. The molecule has 0 unspecified atom stereocenters. The summed E-state index contributed by atoms with van der Waals surface area (Å²) in [5.41, 5.74) is 1.58. The molecule has 0 saturated carbocycles. The summed E-state index contributed by atoms with van der Waals surface area (Å²) in [6, 6.07) is 13.5. The Hall–Kier alpha value is -3.68. The molecule has 0 bridgehead atoms. The van der Waals surface area contributed by atoms with E-state index in [9.17, 15) is 19.2 Å². The molecule has 162 valence electrons. The van der Waals surface area contributed by atoms with Crippen LogP contribution in [0.4, 0.5) is 11.4 Å². The van der Waals surface area contributed by atoms with Crippen molar-refractivity contribution in [3.8, 4) is 5.75 Å². The van der Waals surface area contributed by atoms with Gasteiger partial charge in [-0.25, -0.2) is 0 Å². The standard InChI is InChI=1S/C23H24N2O6/c1-3-30-20-9-7-19(8-10-20)25-13-17(12-22(25)28)23(29)31-14-21(27)24-18-6-4-5-16(11-18)15(2)26/h4-11,17H,3,12-14H2,1-2H3,(H,24,27)/t17-/m0/s1. The molecule has 2 aromatic rings. The molecule has 8 heteroatoms. The summed E-state index contributed by atoms with van der Waals surface area (Å²) >= 11 is 0. The van der Waals surface area contributed by atoms with Gasteiger partial charge in [-0.1, -0.05) is 12.1 Å². The highest BCUT2D eigenvalue weighted by Gasteiger charge is 2.36. The molecule has 1 N–H and O–H groups in total. The first-order valence-electron chi connectivity index (χ1n) is 9.98. The van der Waals surface area contributed by atoms with Crippen LogP contribution in [-0.2, 0) is 19.1 Å². The molecule has 1 fully saturated rings. The van der Waals surface area contributed by atoms with Crippen molar-refractivity contribution >= 4 is 34.9 Å². The summed E-state index contributed by atoms with van der Waals surface area (Å²) in [7, 11) is 0.